The number of fused-ring (bicyclic) bond motifs is 6. The molecule has 12 aromatic rings. The second-order valence-electron chi connectivity index (χ2n) is 33.0. The Balaban J connectivity index is 1.03. The van der Waals surface area contributed by atoms with Gasteiger partial charge in [-0.1, -0.05) is 246 Å². The third kappa shape index (κ3) is 11.8. The maximum absolute atomic E-state index is 2.89. The predicted molar refractivity (Wildman–Crippen MR) is 420 cm³/mol. The highest BCUT2D eigenvalue weighted by Crippen LogP contribution is 2.53. The molecule has 3 heteroatoms. The molecule has 0 aliphatic heterocycles. The number of anilines is 2. The molecule has 0 radical (unpaired) electrons. The second-order valence-corrected chi connectivity index (χ2v) is 33.0. The van der Waals surface area contributed by atoms with Crippen molar-refractivity contribution in [3.63, 3.8) is 0 Å². The van der Waals surface area contributed by atoms with Gasteiger partial charge in [0.05, 0.1) is 33.5 Å². The molecule has 3 aliphatic carbocycles. The minimum absolute atomic E-state index is 0.0112. The number of benzene rings is 10. The SMILES string of the molecule is CC(C)(C)c1ccc2c(c1)c1cc(C(C)(C)C)ccc1n2-c1cccc(N(c2cc(-c3ccccc3)cc(C(c3ccccc3)(c3ccccc3)c3cccc(-n4c5ccc(C(C)(C)C)cc5c5cc(C(C)(C)C)ccc54)c3)c2)C2C(C3CC=CCC3)=CCCC2C2=CCCCC2)c1. The molecule has 0 amide bonds. The smallest absolute Gasteiger partial charge is 0.0703 e. The van der Waals surface area contributed by atoms with Gasteiger partial charge in [0, 0.05) is 50.2 Å². The van der Waals surface area contributed by atoms with Gasteiger partial charge in [0.1, 0.15) is 0 Å². The molecule has 15 rings (SSSR count). The number of hydrogen-bond donors (Lipinski definition) is 0. The quantitative estimate of drug-likeness (QED) is 0.0878. The molecule has 3 atom stereocenters. The number of allylic oxidation sites excluding steroid dienone is 4. The van der Waals surface area contributed by atoms with Crippen LogP contribution in [0.2, 0.25) is 0 Å². The fraction of sp³-hybridized carbons (Fsp3) is 0.305. The van der Waals surface area contributed by atoms with E-state index in [1.807, 2.05) is 0 Å². The normalized spacial score (nSPS) is 17.4. The lowest BCUT2D eigenvalue weighted by atomic mass is 9.64. The highest BCUT2D eigenvalue weighted by atomic mass is 15.2. The number of nitrogens with zero attached hydrogens (tertiary/aromatic N) is 3. The molecule has 2 aromatic heterocycles. The zero-order chi connectivity index (χ0) is 67.9. The highest BCUT2D eigenvalue weighted by molar-refractivity contribution is 6.11. The summed E-state index contributed by atoms with van der Waals surface area (Å²) in [6.07, 6.45) is 20.6. The van der Waals surface area contributed by atoms with Crippen molar-refractivity contribution in [2.24, 2.45) is 11.8 Å². The summed E-state index contributed by atoms with van der Waals surface area (Å²) in [7, 11) is 0. The summed E-state index contributed by atoms with van der Waals surface area (Å²) in [5.74, 6) is 0.755. The van der Waals surface area contributed by atoms with E-state index in [9.17, 15) is 0 Å². The van der Waals surface area contributed by atoms with E-state index in [0.717, 1.165) is 50.6 Å². The average molecular weight is 1280 g/mol. The Morgan fingerprint density at radius 3 is 1.32 bits per heavy atom. The van der Waals surface area contributed by atoms with Crippen LogP contribution in [0.25, 0.3) is 66.1 Å². The summed E-state index contributed by atoms with van der Waals surface area (Å²) in [5.41, 5.74) is 24.6. The van der Waals surface area contributed by atoms with Gasteiger partial charge >= 0.3 is 0 Å². The Bertz CT molecular complexity index is 4870. The Morgan fingerprint density at radius 2 is 0.837 bits per heavy atom. The largest absolute Gasteiger partial charge is 0.334 e. The van der Waals surface area contributed by atoms with Crippen LogP contribution in [0.15, 0.2) is 266 Å². The molecule has 0 saturated heterocycles. The summed E-state index contributed by atoms with van der Waals surface area (Å²) >= 11 is 0. The maximum atomic E-state index is 2.89. The summed E-state index contributed by atoms with van der Waals surface area (Å²) in [4.78, 5) is 2.89. The van der Waals surface area contributed by atoms with E-state index in [2.05, 4.69) is 352 Å². The number of rotatable bonds is 12. The first kappa shape index (κ1) is 64.8. The monoisotopic (exact) mass is 1280 g/mol. The van der Waals surface area contributed by atoms with Gasteiger partial charge < -0.3 is 14.0 Å². The molecule has 494 valence electrons. The minimum Gasteiger partial charge on any atom is -0.334 e. The third-order valence-electron chi connectivity index (χ3n) is 22.4. The Hall–Kier alpha value is -9.18. The van der Waals surface area contributed by atoms with Crippen LogP contribution in [0, 0.1) is 11.8 Å². The van der Waals surface area contributed by atoms with Gasteiger partial charge in [-0.15, -0.1) is 0 Å². The average Bonchev–Trinajstić information content (AvgIpc) is 1.43. The summed E-state index contributed by atoms with van der Waals surface area (Å²) in [6, 6.07) is 90.5. The number of aromatic nitrogens is 2. The number of hydrogen-bond acceptors (Lipinski definition) is 1. The predicted octanol–water partition coefficient (Wildman–Crippen LogP) is 25.8. The maximum Gasteiger partial charge on any atom is 0.0703 e. The molecule has 0 spiro atoms. The van der Waals surface area contributed by atoms with Gasteiger partial charge in [0.15, 0.2) is 0 Å². The van der Waals surface area contributed by atoms with Crippen molar-refractivity contribution in [1.29, 1.82) is 0 Å². The Kier molecular flexibility index (Phi) is 16.7. The third-order valence-corrected chi connectivity index (χ3v) is 22.4. The zero-order valence-electron chi connectivity index (χ0n) is 60.2. The van der Waals surface area contributed by atoms with E-state index in [4.69, 9.17) is 0 Å². The molecular formula is C95H99N3. The fourth-order valence-corrected chi connectivity index (χ4v) is 17.1. The molecule has 2 heterocycles. The molecule has 98 heavy (non-hydrogen) atoms. The van der Waals surface area contributed by atoms with Crippen LogP contribution in [-0.2, 0) is 27.1 Å². The van der Waals surface area contributed by atoms with E-state index in [1.54, 1.807) is 11.1 Å². The van der Waals surface area contributed by atoms with Crippen molar-refractivity contribution in [2.45, 2.75) is 174 Å². The van der Waals surface area contributed by atoms with Gasteiger partial charge in [-0.2, -0.15) is 0 Å². The van der Waals surface area contributed by atoms with Crippen molar-refractivity contribution >= 4 is 55.0 Å². The molecule has 3 nitrogen and oxygen atoms in total. The molecule has 3 unspecified atom stereocenters. The van der Waals surface area contributed by atoms with E-state index < -0.39 is 5.41 Å². The lowest BCUT2D eigenvalue weighted by Gasteiger charge is -2.47. The first-order valence-electron chi connectivity index (χ1n) is 36.7. The summed E-state index contributed by atoms with van der Waals surface area (Å²) in [5, 5.41) is 5.18. The first-order valence-corrected chi connectivity index (χ1v) is 36.7. The summed E-state index contributed by atoms with van der Waals surface area (Å²) in [6.45, 7) is 28.1. The van der Waals surface area contributed by atoms with Crippen LogP contribution in [0.1, 0.15) is 185 Å². The standard InChI is InChI=1S/C95H99N3/c1-91(2,3)70-47-51-86-82(59-70)83-60-71(92(4,5)6)48-52-87(83)97(86)76-42-28-41-74(57-76)95(68-37-24-16-25-38-68,69-39-26-17-27-40-69)75-55-67(64-31-18-13-19-32-64)56-79(58-75)96(90-80(65-33-20-14-21-34-65)45-30-46-81(90)66-35-22-15-23-36-66)77-43-29-44-78(63-77)98-88-53-49-72(93(7,8)9)61-84(88)85-62-73(94(10,11)12)50-54-89(85)98/h13-14,16-20,24-29,31-32,35,37-45,47-63,65,81,90H,15,21-23,30,33-34,36,46H2,1-12H3. The molecule has 10 aromatic carbocycles. The Morgan fingerprint density at radius 1 is 0.347 bits per heavy atom. The van der Waals surface area contributed by atoms with Crippen molar-refractivity contribution in [3.05, 3.63) is 310 Å². The van der Waals surface area contributed by atoms with Crippen molar-refractivity contribution in [3.8, 4) is 22.5 Å². The first-order chi connectivity index (χ1) is 47.1. The van der Waals surface area contributed by atoms with Crippen LogP contribution >= 0.6 is 0 Å². The van der Waals surface area contributed by atoms with Gasteiger partial charge in [0.2, 0.25) is 0 Å². The molecule has 0 bridgehead atoms. The molecule has 3 aliphatic rings. The highest BCUT2D eigenvalue weighted by Gasteiger charge is 2.43. The lowest BCUT2D eigenvalue weighted by molar-refractivity contribution is 0.392. The van der Waals surface area contributed by atoms with Crippen molar-refractivity contribution < 1.29 is 0 Å². The van der Waals surface area contributed by atoms with Crippen LogP contribution in [0.5, 0.6) is 0 Å². The van der Waals surface area contributed by atoms with E-state index in [-0.39, 0.29) is 27.7 Å². The van der Waals surface area contributed by atoms with Crippen LogP contribution < -0.4 is 4.90 Å². The van der Waals surface area contributed by atoms with Gasteiger partial charge in [-0.25, -0.2) is 0 Å². The zero-order valence-corrected chi connectivity index (χ0v) is 60.2. The lowest BCUT2D eigenvalue weighted by Crippen LogP contribution is -2.44. The molecule has 0 fully saturated rings. The van der Waals surface area contributed by atoms with Gasteiger partial charge in [0.25, 0.3) is 0 Å². The molecular weight excluding hydrogens is 1180 g/mol. The molecule has 0 N–H and O–H groups in total. The second kappa shape index (κ2) is 25.3. The van der Waals surface area contributed by atoms with Gasteiger partial charge in [-0.05, 0) is 244 Å². The van der Waals surface area contributed by atoms with Crippen LogP contribution in [-0.4, -0.2) is 15.2 Å². The minimum atomic E-state index is -0.825. The van der Waals surface area contributed by atoms with Crippen molar-refractivity contribution in [1.82, 2.24) is 9.13 Å². The van der Waals surface area contributed by atoms with Crippen molar-refractivity contribution in [2.75, 3.05) is 4.90 Å². The fourth-order valence-electron chi connectivity index (χ4n) is 17.1. The van der Waals surface area contributed by atoms with Crippen LogP contribution in [0.3, 0.4) is 0 Å². The van der Waals surface area contributed by atoms with Crippen LogP contribution in [0.4, 0.5) is 11.4 Å². The van der Waals surface area contributed by atoms with E-state index in [0.29, 0.717) is 11.8 Å². The Labute approximate surface area is 584 Å². The van der Waals surface area contributed by atoms with Gasteiger partial charge in [-0.3, -0.25) is 0 Å². The van der Waals surface area contributed by atoms with E-state index in [1.165, 1.54) is 129 Å². The molecule has 0 saturated carbocycles. The van der Waals surface area contributed by atoms with E-state index >= 15 is 0 Å². The summed E-state index contributed by atoms with van der Waals surface area (Å²) < 4.78 is 5.13. The topological polar surface area (TPSA) is 13.1 Å².